The van der Waals surface area contributed by atoms with Crippen molar-refractivity contribution in [3.8, 4) is 0 Å². The van der Waals surface area contributed by atoms with Crippen molar-refractivity contribution in [3.63, 3.8) is 0 Å². The molecule has 1 amide bonds. The minimum absolute atomic E-state index is 0.114. The summed E-state index contributed by atoms with van der Waals surface area (Å²) in [6.45, 7) is 4.34. The Hall–Kier alpha value is -2.51. The van der Waals surface area contributed by atoms with Crippen molar-refractivity contribution in [2.45, 2.75) is 38.5 Å². The average molecular weight is 369 g/mol. The Balaban J connectivity index is 2.51. The smallest absolute Gasteiger partial charge is 0.377 e. The number of amides is 1. The molecule has 1 aliphatic rings. The van der Waals surface area contributed by atoms with E-state index in [2.05, 4.69) is 4.74 Å². The number of rotatable bonds is 6. The van der Waals surface area contributed by atoms with E-state index < -0.39 is 35.6 Å². The van der Waals surface area contributed by atoms with Crippen LogP contribution in [0.2, 0.25) is 0 Å². The maximum Gasteiger partial charge on any atom is 0.377 e. The van der Waals surface area contributed by atoms with Crippen molar-refractivity contribution in [2.24, 2.45) is 0 Å². The lowest BCUT2D eigenvalue weighted by Crippen LogP contribution is -2.44. The summed E-state index contributed by atoms with van der Waals surface area (Å²) in [6, 6.07) is 4.47. The lowest BCUT2D eigenvalue weighted by molar-refractivity contribution is -0.174. The van der Waals surface area contributed by atoms with E-state index in [0.717, 1.165) is 4.90 Å². The maximum absolute atomic E-state index is 14.3. The Bertz CT molecular complexity index is 749. The van der Waals surface area contributed by atoms with Crippen molar-refractivity contribution < 1.29 is 32.6 Å². The second-order valence-corrected chi connectivity index (χ2v) is 6.22. The molecule has 1 aliphatic heterocycles. The van der Waals surface area contributed by atoms with Crippen molar-refractivity contribution in [1.29, 1.82) is 0 Å². The van der Waals surface area contributed by atoms with Crippen molar-refractivity contribution >= 4 is 23.5 Å². The van der Waals surface area contributed by atoms with Crippen LogP contribution in [0.25, 0.3) is 0 Å². The molecule has 1 aromatic rings. The minimum Gasteiger partial charge on any atom is -0.462 e. The molecule has 0 saturated heterocycles. The quantitative estimate of drug-likeness (QED) is 0.721. The molecule has 1 heterocycles. The van der Waals surface area contributed by atoms with Gasteiger partial charge in [-0.15, -0.1) is 0 Å². The van der Waals surface area contributed by atoms with Crippen LogP contribution < -0.4 is 4.90 Å². The van der Waals surface area contributed by atoms with Gasteiger partial charge in [0.05, 0.1) is 29.9 Å². The molecule has 2 rings (SSSR count). The highest BCUT2D eigenvalue weighted by Gasteiger charge is 2.56. The number of carbonyl (C=O) groups excluding carboxylic acids is 3. The molecule has 0 N–H and O–H groups in total. The van der Waals surface area contributed by atoms with Gasteiger partial charge in [-0.1, -0.05) is 12.1 Å². The largest absolute Gasteiger partial charge is 0.462 e. The van der Waals surface area contributed by atoms with E-state index in [1.165, 1.54) is 39.1 Å². The summed E-state index contributed by atoms with van der Waals surface area (Å²) in [7, 11) is 1.40. The van der Waals surface area contributed by atoms with Gasteiger partial charge in [-0.25, -0.2) is 9.59 Å². The topological polar surface area (TPSA) is 72.9 Å². The number of benzene rings is 1. The van der Waals surface area contributed by atoms with Crippen LogP contribution in [0.4, 0.5) is 14.5 Å². The summed E-state index contributed by atoms with van der Waals surface area (Å²) in [5.74, 6) is -6.80. The van der Waals surface area contributed by atoms with E-state index in [1.54, 1.807) is 6.92 Å². The summed E-state index contributed by atoms with van der Waals surface area (Å²) in [5.41, 5.74) is -1.09. The number of nitrogens with zero attached hydrogens (tertiary/aromatic N) is 1. The number of halogens is 2. The number of likely N-dealkylation sites (N-methyl/N-ethyl adjacent to an activating group) is 1. The molecule has 0 aliphatic carbocycles. The van der Waals surface area contributed by atoms with Crippen LogP contribution in [-0.4, -0.2) is 44.0 Å². The Morgan fingerprint density at radius 2 is 1.81 bits per heavy atom. The molecule has 0 spiro atoms. The highest BCUT2D eigenvalue weighted by molar-refractivity contribution is 6.12. The summed E-state index contributed by atoms with van der Waals surface area (Å²) >= 11 is 0. The van der Waals surface area contributed by atoms with Gasteiger partial charge in [0.2, 0.25) is 5.91 Å². The molecule has 1 unspecified atom stereocenters. The van der Waals surface area contributed by atoms with Crippen molar-refractivity contribution in [3.05, 3.63) is 29.3 Å². The number of carbonyl (C=O) groups is 3. The van der Waals surface area contributed by atoms with Gasteiger partial charge in [0.15, 0.2) is 0 Å². The molecule has 1 aromatic carbocycles. The number of hydrogen-bond donors (Lipinski definition) is 0. The fraction of sp³-hybridized carbons (Fsp3) is 0.500. The van der Waals surface area contributed by atoms with Gasteiger partial charge in [-0.2, -0.15) is 8.78 Å². The average Bonchev–Trinajstić information content (AvgIpc) is 2.76. The third-order valence-corrected chi connectivity index (χ3v) is 4.39. The molecule has 142 valence electrons. The van der Waals surface area contributed by atoms with Crippen molar-refractivity contribution in [2.75, 3.05) is 25.2 Å². The highest BCUT2D eigenvalue weighted by atomic mass is 19.3. The first-order chi connectivity index (χ1) is 12.1. The zero-order valence-electron chi connectivity index (χ0n) is 15.1. The molecule has 6 nitrogen and oxygen atoms in total. The lowest BCUT2D eigenvalue weighted by atomic mass is 9.78. The number of anilines is 1. The SMILES string of the molecule is CCOC(=O)c1cccc2c1N(C)C(=O)C2(C)CC(F)(F)C(=O)OCC. The van der Waals surface area contributed by atoms with Gasteiger partial charge < -0.3 is 14.4 Å². The molecule has 0 saturated carbocycles. The summed E-state index contributed by atoms with van der Waals surface area (Å²) in [5, 5.41) is 0. The molecule has 26 heavy (non-hydrogen) atoms. The van der Waals surface area contributed by atoms with Crippen LogP contribution in [0.5, 0.6) is 0 Å². The van der Waals surface area contributed by atoms with Crippen molar-refractivity contribution in [1.82, 2.24) is 0 Å². The Morgan fingerprint density at radius 1 is 1.19 bits per heavy atom. The van der Waals surface area contributed by atoms with Crippen LogP contribution in [0, 0.1) is 0 Å². The minimum atomic E-state index is -3.84. The fourth-order valence-corrected chi connectivity index (χ4v) is 3.23. The summed E-state index contributed by atoms with van der Waals surface area (Å²) < 4.78 is 38.1. The third kappa shape index (κ3) is 3.15. The zero-order chi connectivity index (χ0) is 19.7. The van der Waals surface area contributed by atoms with E-state index in [0.29, 0.717) is 0 Å². The summed E-state index contributed by atoms with van der Waals surface area (Å²) in [4.78, 5) is 37.7. The lowest BCUT2D eigenvalue weighted by Gasteiger charge is -2.27. The first-order valence-electron chi connectivity index (χ1n) is 8.24. The molecule has 0 bridgehead atoms. The Labute approximate surface area is 150 Å². The standard InChI is InChI=1S/C18H21F2NO5/c1-5-25-14(22)11-8-7-9-12-13(11)21(4)15(23)17(12,3)10-18(19,20)16(24)26-6-2/h7-9H,5-6,10H2,1-4H3. The van der Waals surface area contributed by atoms with E-state index in [-0.39, 0.29) is 30.0 Å². The van der Waals surface area contributed by atoms with Crippen LogP contribution in [-0.2, 0) is 24.5 Å². The predicted octanol–water partition coefficient (Wildman–Crippen LogP) is 2.69. The Kier molecular flexibility index (Phi) is 5.34. The van der Waals surface area contributed by atoms with Gasteiger partial charge in [-0.05, 0) is 32.4 Å². The molecule has 0 fully saturated rings. The number of ether oxygens (including phenoxy) is 2. The monoisotopic (exact) mass is 369 g/mol. The Morgan fingerprint density at radius 3 is 2.38 bits per heavy atom. The number of para-hydroxylation sites is 1. The van der Waals surface area contributed by atoms with Crippen LogP contribution in [0.15, 0.2) is 18.2 Å². The second kappa shape index (κ2) is 7.01. The molecule has 1 atom stereocenters. The molecular weight excluding hydrogens is 348 g/mol. The molecule has 0 radical (unpaired) electrons. The normalized spacial score (nSPS) is 19.3. The van der Waals surface area contributed by atoms with E-state index in [1.807, 2.05) is 0 Å². The van der Waals surface area contributed by atoms with Gasteiger partial charge in [0.25, 0.3) is 0 Å². The third-order valence-electron chi connectivity index (χ3n) is 4.39. The number of alkyl halides is 2. The first kappa shape index (κ1) is 19.8. The molecular formula is C18H21F2NO5. The summed E-state index contributed by atoms with van der Waals surface area (Å²) in [6.07, 6.45) is -1.05. The van der Waals surface area contributed by atoms with E-state index >= 15 is 0 Å². The van der Waals surface area contributed by atoms with Gasteiger partial charge in [0.1, 0.15) is 0 Å². The van der Waals surface area contributed by atoms with Crippen LogP contribution in [0.1, 0.15) is 43.1 Å². The van der Waals surface area contributed by atoms with E-state index in [4.69, 9.17) is 4.74 Å². The number of fused-ring (bicyclic) bond motifs is 1. The molecule has 8 heteroatoms. The number of esters is 2. The van der Waals surface area contributed by atoms with Crippen LogP contribution in [0.3, 0.4) is 0 Å². The highest BCUT2D eigenvalue weighted by Crippen LogP contribution is 2.48. The maximum atomic E-state index is 14.3. The van der Waals surface area contributed by atoms with E-state index in [9.17, 15) is 23.2 Å². The number of hydrogen-bond acceptors (Lipinski definition) is 5. The molecule has 0 aromatic heterocycles. The fourth-order valence-electron chi connectivity index (χ4n) is 3.23. The van der Waals surface area contributed by atoms with Crippen LogP contribution >= 0.6 is 0 Å². The van der Waals surface area contributed by atoms with Gasteiger partial charge in [-0.3, -0.25) is 4.79 Å². The van der Waals surface area contributed by atoms with Gasteiger partial charge >= 0.3 is 17.9 Å². The zero-order valence-corrected chi connectivity index (χ0v) is 15.1. The first-order valence-corrected chi connectivity index (χ1v) is 8.24. The predicted molar refractivity (Wildman–Crippen MR) is 89.4 cm³/mol. The second-order valence-electron chi connectivity index (χ2n) is 6.22. The van der Waals surface area contributed by atoms with Gasteiger partial charge in [0, 0.05) is 13.5 Å².